The zero-order valence-electron chi connectivity index (χ0n) is 9.96. The van der Waals surface area contributed by atoms with E-state index in [1.165, 1.54) is 6.20 Å². The summed E-state index contributed by atoms with van der Waals surface area (Å²) in [5.74, 6) is 0.186. The molecule has 0 radical (unpaired) electrons. The number of nitrogens with zero attached hydrogens (tertiary/aromatic N) is 2. The molecule has 0 aliphatic carbocycles. The van der Waals surface area contributed by atoms with Crippen molar-refractivity contribution in [1.29, 1.82) is 0 Å². The van der Waals surface area contributed by atoms with Crippen LogP contribution in [0.3, 0.4) is 0 Å². The lowest BCUT2D eigenvalue weighted by Crippen LogP contribution is -2.26. The number of aryl methyl sites for hydroxylation is 1. The summed E-state index contributed by atoms with van der Waals surface area (Å²) in [5.41, 5.74) is 1.77. The van der Waals surface area contributed by atoms with Gasteiger partial charge in [-0.3, -0.25) is 4.98 Å². The fraction of sp³-hybridized carbons (Fsp3) is 0.154. The number of carbonyl (C=O) groups excluding carboxylic acids is 1. The number of amides is 1. The van der Waals surface area contributed by atoms with Gasteiger partial charge in [0.1, 0.15) is 0 Å². The number of aromatic nitrogens is 2. The lowest BCUT2D eigenvalue weighted by atomic mass is 10.2. The maximum Gasteiger partial charge on any atom is 0.414 e. The fourth-order valence-electron chi connectivity index (χ4n) is 1.33. The van der Waals surface area contributed by atoms with Crippen molar-refractivity contribution in [2.24, 2.45) is 0 Å². The normalized spacial score (nSPS) is 9.83. The molecule has 0 aliphatic rings. The molecule has 0 saturated heterocycles. The molecule has 5 heteroatoms. The second-order valence-corrected chi connectivity index (χ2v) is 3.72. The first kappa shape index (κ1) is 12.0. The highest BCUT2D eigenvalue weighted by Gasteiger charge is 2.05. The Balaban J connectivity index is 1.84. The van der Waals surface area contributed by atoms with Crippen molar-refractivity contribution in [3.63, 3.8) is 0 Å². The van der Waals surface area contributed by atoms with Gasteiger partial charge < -0.3 is 10.1 Å². The molecule has 18 heavy (non-hydrogen) atoms. The summed E-state index contributed by atoms with van der Waals surface area (Å²) in [6.45, 7) is 2.23. The number of benzene rings is 1. The van der Waals surface area contributed by atoms with E-state index in [4.69, 9.17) is 4.74 Å². The Morgan fingerprint density at radius 2 is 2.00 bits per heavy atom. The van der Waals surface area contributed by atoms with Gasteiger partial charge >= 0.3 is 6.09 Å². The van der Waals surface area contributed by atoms with E-state index in [2.05, 4.69) is 15.3 Å². The Kier molecular flexibility index (Phi) is 3.86. The molecule has 0 saturated carbocycles. The number of rotatable bonds is 3. The number of hydrogen-bond donors (Lipinski definition) is 1. The molecule has 1 N–H and O–H groups in total. The van der Waals surface area contributed by atoms with Crippen LogP contribution < -0.4 is 10.1 Å². The van der Waals surface area contributed by atoms with E-state index >= 15 is 0 Å². The highest BCUT2D eigenvalue weighted by Crippen LogP contribution is 2.03. The van der Waals surface area contributed by atoms with Gasteiger partial charge in [0, 0.05) is 6.54 Å². The van der Waals surface area contributed by atoms with Gasteiger partial charge in [-0.2, -0.15) is 0 Å². The topological polar surface area (TPSA) is 64.1 Å². The van der Waals surface area contributed by atoms with Crippen molar-refractivity contribution in [2.75, 3.05) is 0 Å². The van der Waals surface area contributed by atoms with Crippen LogP contribution in [0.5, 0.6) is 5.88 Å². The maximum atomic E-state index is 11.5. The third-order valence-electron chi connectivity index (χ3n) is 2.23. The first-order valence-corrected chi connectivity index (χ1v) is 5.52. The molecule has 0 fully saturated rings. The maximum absolute atomic E-state index is 11.5. The zero-order valence-corrected chi connectivity index (χ0v) is 9.96. The van der Waals surface area contributed by atoms with Crippen LogP contribution in [0.2, 0.25) is 0 Å². The van der Waals surface area contributed by atoms with Crippen LogP contribution in [-0.2, 0) is 6.54 Å². The Hall–Kier alpha value is -2.43. The van der Waals surface area contributed by atoms with Crippen LogP contribution in [-0.4, -0.2) is 16.1 Å². The number of carbonyl (C=O) groups is 1. The molecule has 1 amide bonds. The average molecular weight is 243 g/mol. The van der Waals surface area contributed by atoms with E-state index in [1.807, 2.05) is 37.3 Å². The minimum atomic E-state index is -0.544. The lowest BCUT2D eigenvalue weighted by molar-refractivity contribution is 0.198. The van der Waals surface area contributed by atoms with E-state index in [0.29, 0.717) is 6.54 Å². The van der Waals surface area contributed by atoms with Crippen LogP contribution >= 0.6 is 0 Å². The second-order valence-electron chi connectivity index (χ2n) is 3.72. The molecular weight excluding hydrogens is 230 g/mol. The van der Waals surface area contributed by atoms with Crippen LogP contribution in [0, 0.1) is 6.92 Å². The molecule has 1 aromatic carbocycles. The zero-order chi connectivity index (χ0) is 12.8. The highest BCUT2D eigenvalue weighted by atomic mass is 16.6. The molecular formula is C13H13N3O2. The minimum Gasteiger partial charge on any atom is -0.390 e. The van der Waals surface area contributed by atoms with Crippen molar-refractivity contribution in [3.05, 3.63) is 54.0 Å². The van der Waals surface area contributed by atoms with Crippen LogP contribution in [0.1, 0.15) is 11.3 Å². The van der Waals surface area contributed by atoms with Crippen LogP contribution in [0.15, 0.2) is 42.7 Å². The van der Waals surface area contributed by atoms with Crippen molar-refractivity contribution in [3.8, 4) is 5.88 Å². The fourth-order valence-corrected chi connectivity index (χ4v) is 1.33. The smallest absolute Gasteiger partial charge is 0.390 e. The van der Waals surface area contributed by atoms with Gasteiger partial charge in [-0.15, -0.1) is 0 Å². The Morgan fingerprint density at radius 3 is 2.67 bits per heavy atom. The molecule has 0 bridgehead atoms. The van der Waals surface area contributed by atoms with Gasteiger partial charge in [-0.25, -0.2) is 9.78 Å². The van der Waals surface area contributed by atoms with E-state index < -0.39 is 6.09 Å². The van der Waals surface area contributed by atoms with Gasteiger partial charge in [0.05, 0.1) is 18.1 Å². The van der Waals surface area contributed by atoms with Crippen LogP contribution in [0.25, 0.3) is 0 Å². The largest absolute Gasteiger partial charge is 0.414 e. The summed E-state index contributed by atoms with van der Waals surface area (Å²) in [5, 5.41) is 2.63. The van der Waals surface area contributed by atoms with E-state index in [1.54, 1.807) is 6.20 Å². The predicted molar refractivity (Wildman–Crippen MR) is 66.1 cm³/mol. The molecule has 2 rings (SSSR count). The van der Waals surface area contributed by atoms with Gasteiger partial charge in [0.25, 0.3) is 0 Å². The summed E-state index contributed by atoms with van der Waals surface area (Å²) < 4.78 is 4.97. The first-order valence-electron chi connectivity index (χ1n) is 5.52. The summed E-state index contributed by atoms with van der Waals surface area (Å²) in [4.78, 5) is 19.4. The molecule has 0 aliphatic heterocycles. The van der Waals surface area contributed by atoms with Gasteiger partial charge in [-0.1, -0.05) is 30.3 Å². The lowest BCUT2D eigenvalue weighted by Gasteiger charge is -2.05. The Morgan fingerprint density at radius 1 is 1.22 bits per heavy atom. The second kappa shape index (κ2) is 5.77. The summed E-state index contributed by atoms with van der Waals surface area (Å²) in [6.07, 6.45) is 2.41. The molecule has 0 atom stereocenters. The predicted octanol–water partition coefficient (Wildman–Crippen LogP) is 2.07. The molecule has 1 aromatic heterocycles. The van der Waals surface area contributed by atoms with Gasteiger partial charge in [-0.05, 0) is 12.5 Å². The standard InChI is InChI=1S/C13H13N3O2/c1-10-7-15-12(9-14-10)18-13(17)16-8-11-5-3-2-4-6-11/h2-7,9H,8H2,1H3,(H,16,17). The molecule has 0 unspecified atom stereocenters. The van der Waals surface area contributed by atoms with E-state index in [-0.39, 0.29) is 5.88 Å². The van der Waals surface area contributed by atoms with E-state index in [9.17, 15) is 4.79 Å². The SMILES string of the molecule is Cc1cnc(OC(=O)NCc2ccccc2)cn1. The highest BCUT2D eigenvalue weighted by molar-refractivity contribution is 5.69. The van der Waals surface area contributed by atoms with E-state index in [0.717, 1.165) is 11.3 Å². The van der Waals surface area contributed by atoms with Crippen molar-refractivity contribution < 1.29 is 9.53 Å². The quantitative estimate of drug-likeness (QED) is 0.896. The van der Waals surface area contributed by atoms with Crippen LogP contribution in [0.4, 0.5) is 4.79 Å². The summed E-state index contributed by atoms with van der Waals surface area (Å²) >= 11 is 0. The number of ether oxygens (including phenoxy) is 1. The molecule has 92 valence electrons. The monoisotopic (exact) mass is 243 g/mol. The molecule has 1 heterocycles. The third kappa shape index (κ3) is 3.55. The van der Waals surface area contributed by atoms with Crippen molar-refractivity contribution in [2.45, 2.75) is 13.5 Å². The van der Waals surface area contributed by atoms with Gasteiger partial charge in [0.15, 0.2) is 0 Å². The van der Waals surface area contributed by atoms with Gasteiger partial charge in [0.2, 0.25) is 5.88 Å². The number of hydrogen-bond acceptors (Lipinski definition) is 4. The number of nitrogens with one attached hydrogen (secondary N) is 1. The summed E-state index contributed by atoms with van der Waals surface area (Å²) in [6, 6.07) is 9.59. The molecule has 0 spiro atoms. The average Bonchev–Trinajstić information content (AvgIpc) is 2.40. The molecule has 5 nitrogen and oxygen atoms in total. The first-order chi connectivity index (χ1) is 8.74. The Labute approximate surface area is 105 Å². The summed E-state index contributed by atoms with van der Waals surface area (Å²) in [7, 11) is 0. The Bertz CT molecular complexity index is 512. The third-order valence-corrected chi connectivity index (χ3v) is 2.23. The van der Waals surface area contributed by atoms with Crippen molar-refractivity contribution in [1.82, 2.24) is 15.3 Å². The minimum absolute atomic E-state index is 0.186. The van der Waals surface area contributed by atoms with Crippen molar-refractivity contribution >= 4 is 6.09 Å². The molecule has 2 aromatic rings.